The Morgan fingerprint density at radius 3 is 2.02 bits per heavy atom. The summed E-state index contributed by atoms with van der Waals surface area (Å²) in [6.45, 7) is 4.24. The minimum absolute atomic E-state index is 0.0451. The highest BCUT2D eigenvalue weighted by Crippen LogP contribution is 2.20. The molecule has 0 aliphatic heterocycles. The normalized spacial score (nSPS) is 14.4. The highest BCUT2D eigenvalue weighted by atomic mass is 32.2. The number of Topliss-reactive ketones (excluding diaryl/α,β-unsaturated/α-hetero) is 2. The number of carbonyl (C=O) groups is 6. The Morgan fingerprint density at radius 1 is 0.872 bits per heavy atom. The van der Waals surface area contributed by atoms with Gasteiger partial charge in [-0.1, -0.05) is 26.0 Å². The van der Waals surface area contributed by atoms with Crippen molar-refractivity contribution in [2.24, 2.45) is 35.0 Å². The molecule has 0 saturated carbocycles. The standard InChI is InChI=1S/C33H52FN5O7S/c1-20(2)16-25(36)28(40)19-23(17-21-7-9-24(34)10-8-21)33(46)38-26(11-12-30(42)43)29(41)18-22(13-15-47-3)32(45)39-27(31(37)44)6-4-5-14-35/h7-10,20,22-23,25-27H,4-6,11-19,35-36H2,1-3H3,(H2,37,44)(H,38,46)(H,39,45)(H,42,43)/t22-,23-,25+,26+,27+/m1/s1. The molecule has 0 saturated heterocycles. The van der Waals surface area contributed by atoms with Crippen molar-refractivity contribution < 1.29 is 38.3 Å². The van der Waals surface area contributed by atoms with Gasteiger partial charge in [-0.05, 0) is 87.1 Å². The molecule has 0 spiro atoms. The zero-order valence-electron chi connectivity index (χ0n) is 27.7. The Balaban J connectivity index is 3.25. The van der Waals surface area contributed by atoms with E-state index in [0.717, 1.165) is 0 Å². The first-order valence-electron chi connectivity index (χ1n) is 16.0. The SMILES string of the molecule is CSCC[C@H](CC(=O)[C@H](CCC(=O)O)NC(=O)[C@@H](CC(=O)[C@@H](N)CC(C)C)Cc1ccc(F)cc1)C(=O)N[C@@H](CCCCN)C(N)=O. The van der Waals surface area contributed by atoms with Crippen LogP contribution >= 0.6 is 11.8 Å². The molecule has 3 amide bonds. The van der Waals surface area contributed by atoms with Gasteiger partial charge in [-0.25, -0.2) is 4.39 Å². The van der Waals surface area contributed by atoms with Crippen LogP contribution in [0.5, 0.6) is 0 Å². The molecule has 0 fully saturated rings. The molecule has 0 radical (unpaired) electrons. The zero-order valence-corrected chi connectivity index (χ0v) is 28.5. The molecule has 9 N–H and O–H groups in total. The molecule has 0 heterocycles. The number of halogens is 1. The predicted molar refractivity (Wildman–Crippen MR) is 180 cm³/mol. The highest BCUT2D eigenvalue weighted by Gasteiger charge is 2.32. The van der Waals surface area contributed by atoms with Gasteiger partial charge in [-0.3, -0.25) is 28.8 Å². The number of nitrogens with one attached hydrogen (secondary N) is 2. The van der Waals surface area contributed by atoms with Crippen LogP contribution in [-0.4, -0.2) is 77.0 Å². The average Bonchev–Trinajstić information content (AvgIpc) is 3.00. The zero-order chi connectivity index (χ0) is 35.5. The van der Waals surface area contributed by atoms with E-state index in [1.807, 2.05) is 20.1 Å². The van der Waals surface area contributed by atoms with Crippen LogP contribution < -0.4 is 27.8 Å². The molecule has 0 unspecified atom stereocenters. The van der Waals surface area contributed by atoms with Gasteiger partial charge < -0.3 is 32.9 Å². The third-order valence-corrected chi connectivity index (χ3v) is 8.44. The van der Waals surface area contributed by atoms with Gasteiger partial charge in [0.25, 0.3) is 0 Å². The summed E-state index contributed by atoms with van der Waals surface area (Å²) >= 11 is 1.46. The monoisotopic (exact) mass is 681 g/mol. The fraction of sp³-hybridized carbons (Fsp3) is 0.636. The first kappa shape index (κ1) is 41.7. The van der Waals surface area contributed by atoms with Crippen LogP contribution in [0.3, 0.4) is 0 Å². The number of rotatable bonds is 25. The van der Waals surface area contributed by atoms with Gasteiger partial charge in [0, 0.05) is 31.1 Å². The van der Waals surface area contributed by atoms with Crippen LogP contribution in [-0.2, 0) is 35.2 Å². The van der Waals surface area contributed by atoms with E-state index in [9.17, 15) is 38.3 Å². The summed E-state index contributed by atoms with van der Waals surface area (Å²) in [6, 6.07) is 2.42. The van der Waals surface area contributed by atoms with Crippen LogP contribution in [0.2, 0.25) is 0 Å². The molecule has 0 aliphatic rings. The lowest BCUT2D eigenvalue weighted by Crippen LogP contribution is -2.49. The summed E-state index contributed by atoms with van der Waals surface area (Å²) in [5, 5.41) is 14.6. The number of unbranched alkanes of at least 4 members (excludes halogenated alkanes) is 1. The van der Waals surface area contributed by atoms with Crippen molar-refractivity contribution in [2.45, 2.75) is 96.2 Å². The molecule has 0 bridgehead atoms. The van der Waals surface area contributed by atoms with Crippen LogP contribution in [0, 0.1) is 23.6 Å². The Hall–Kier alpha value is -3.36. The van der Waals surface area contributed by atoms with E-state index in [4.69, 9.17) is 17.2 Å². The number of carboxylic acid groups (broad SMARTS) is 1. The fourth-order valence-corrected chi connectivity index (χ4v) is 5.63. The number of benzene rings is 1. The number of ketones is 2. The molecule has 264 valence electrons. The second-order valence-electron chi connectivity index (χ2n) is 12.3. The quantitative estimate of drug-likeness (QED) is 0.0824. The molecule has 1 rings (SSSR count). The maximum absolute atomic E-state index is 13.7. The smallest absolute Gasteiger partial charge is 0.303 e. The Morgan fingerprint density at radius 2 is 1.47 bits per heavy atom. The van der Waals surface area contributed by atoms with Gasteiger partial charge in [0.1, 0.15) is 17.6 Å². The number of aliphatic carboxylic acids is 1. The topological polar surface area (TPSA) is 225 Å². The van der Waals surface area contributed by atoms with Crippen LogP contribution in [0.1, 0.15) is 77.2 Å². The van der Waals surface area contributed by atoms with Crippen molar-refractivity contribution in [3.63, 3.8) is 0 Å². The van der Waals surface area contributed by atoms with E-state index in [-0.39, 0.29) is 50.2 Å². The van der Waals surface area contributed by atoms with Crippen LogP contribution in [0.15, 0.2) is 24.3 Å². The molecule has 5 atom stereocenters. The summed E-state index contributed by atoms with van der Waals surface area (Å²) in [7, 11) is 0. The van der Waals surface area contributed by atoms with Crippen LogP contribution in [0.25, 0.3) is 0 Å². The first-order valence-corrected chi connectivity index (χ1v) is 17.4. The van der Waals surface area contributed by atoms with Crippen molar-refractivity contribution in [3.05, 3.63) is 35.6 Å². The van der Waals surface area contributed by atoms with Crippen molar-refractivity contribution >= 4 is 47.0 Å². The van der Waals surface area contributed by atoms with Gasteiger partial charge >= 0.3 is 5.97 Å². The molecule has 0 aromatic heterocycles. The molecule has 1 aromatic carbocycles. The molecule has 0 aliphatic carbocycles. The number of carboxylic acids is 1. The van der Waals surface area contributed by atoms with E-state index in [2.05, 4.69) is 10.6 Å². The minimum Gasteiger partial charge on any atom is -0.481 e. The number of amides is 3. The largest absolute Gasteiger partial charge is 0.481 e. The number of primary amides is 1. The Bertz CT molecular complexity index is 1180. The molecule has 14 heteroatoms. The van der Waals surface area contributed by atoms with E-state index in [0.29, 0.717) is 37.1 Å². The van der Waals surface area contributed by atoms with E-state index in [1.165, 1.54) is 36.0 Å². The second kappa shape index (κ2) is 22.3. The summed E-state index contributed by atoms with van der Waals surface area (Å²) in [5.41, 5.74) is 17.7. The summed E-state index contributed by atoms with van der Waals surface area (Å²) in [4.78, 5) is 77.1. The highest BCUT2D eigenvalue weighted by molar-refractivity contribution is 7.98. The summed E-state index contributed by atoms with van der Waals surface area (Å²) < 4.78 is 13.6. The predicted octanol–water partition coefficient (Wildman–Crippen LogP) is 2.09. The van der Waals surface area contributed by atoms with E-state index >= 15 is 0 Å². The number of nitrogens with two attached hydrogens (primary N) is 3. The Kier molecular flexibility index (Phi) is 19.7. The minimum atomic E-state index is -1.27. The fourth-order valence-electron chi connectivity index (χ4n) is 5.11. The number of carbonyl (C=O) groups excluding carboxylic acids is 5. The van der Waals surface area contributed by atoms with Gasteiger partial charge in [-0.15, -0.1) is 0 Å². The molecular formula is C33H52FN5O7S. The third kappa shape index (κ3) is 16.9. The summed E-state index contributed by atoms with van der Waals surface area (Å²) in [6.07, 6.45) is 2.80. The van der Waals surface area contributed by atoms with Crippen molar-refractivity contribution in [1.82, 2.24) is 10.6 Å². The van der Waals surface area contributed by atoms with Crippen molar-refractivity contribution in [1.29, 1.82) is 0 Å². The molecular weight excluding hydrogens is 629 g/mol. The van der Waals surface area contributed by atoms with Crippen molar-refractivity contribution in [3.8, 4) is 0 Å². The van der Waals surface area contributed by atoms with Gasteiger partial charge in [0.2, 0.25) is 17.7 Å². The first-order chi connectivity index (χ1) is 22.2. The number of thioether (sulfide) groups is 1. The lowest BCUT2D eigenvalue weighted by Gasteiger charge is -2.25. The maximum atomic E-state index is 13.7. The number of hydrogen-bond donors (Lipinski definition) is 6. The average molecular weight is 682 g/mol. The lowest BCUT2D eigenvalue weighted by atomic mass is 9.88. The van der Waals surface area contributed by atoms with Crippen molar-refractivity contribution in [2.75, 3.05) is 18.6 Å². The van der Waals surface area contributed by atoms with E-state index < -0.39 is 71.7 Å². The lowest BCUT2D eigenvalue weighted by molar-refractivity contribution is -0.138. The van der Waals surface area contributed by atoms with E-state index in [1.54, 1.807) is 0 Å². The number of hydrogen-bond acceptors (Lipinski definition) is 9. The second-order valence-corrected chi connectivity index (χ2v) is 13.3. The molecule has 12 nitrogen and oxygen atoms in total. The van der Waals surface area contributed by atoms with Crippen LogP contribution in [0.4, 0.5) is 4.39 Å². The third-order valence-electron chi connectivity index (χ3n) is 7.80. The van der Waals surface area contributed by atoms with Gasteiger partial charge in [0.15, 0.2) is 5.78 Å². The molecule has 47 heavy (non-hydrogen) atoms. The van der Waals surface area contributed by atoms with Gasteiger partial charge in [0.05, 0.1) is 12.1 Å². The molecule has 1 aromatic rings. The Labute approximate surface area is 280 Å². The summed E-state index contributed by atoms with van der Waals surface area (Å²) in [5.74, 6) is -5.70. The maximum Gasteiger partial charge on any atom is 0.303 e. The van der Waals surface area contributed by atoms with Gasteiger partial charge in [-0.2, -0.15) is 11.8 Å².